The van der Waals surface area contributed by atoms with Gasteiger partial charge in [-0.1, -0.05) is 0 Å². The Morgan fingerprint density at radius 3 is 2.40 bits per heavy atom. The molecule has 0 aromatic carbocycles. The molecule has 1 fully saturated rings. The molecule has 0 spiro atoms. The summed E-state index contributed by atoms with van der Waals surface area (Å²) in [5.74, 6) is 4.87. The molecule has 1 unspecified atom stereocenters. The van der Waals surface area contributed by atoms with Crippen LogP contribution in [0.25, 0.3) is 0 Å². The van der Waals surface area contributed by atoms with Crippen LogP contribution in [0.2, 0.25) is 0 Å². The number of hydrogen-bond donors (Lipinski definition) is 3. The van der Waals surface area contributed by atoms with Crippen LogP contribution in [-0.2, 0) is 4.79 Å². The second kappa shape index (κ2) is 2.19. The fourth-order valence-electron chi connectivity index (χ4n) is 1.13. The van der Waals surface area contributed by atoms with Crippen molar-refractivity contribution in [2.75, 3.05) is 6.54 Å². The van der Waals surface area contributed by atoms with Gasteiger partial charge < -0.3 is 11.5 Å². The van der Waals surface area contributed by atoms with Gasteiger partial charge in [0.25, 0.3) is 5.91 Å². The van der Waals surface area contributed by atoms with E-state index in [0.29, 0.717) is 13.0 Å². The lowest BCUT2D eigenvalue weighted by molar-refractivity contribution is -0.128. The highest BCUT2D eigenvalue weighted by Crippen LogP contribution is 2.19. The Labute approximate surface area is 59.1 Å². The third-order valence-electron chi connectivity index (χ3n) is 1.90. The summed E-state index contributed by atoms with van der Waals surface area (Å²) in [5.41, 5.74) is 9.51. The number of hydrazine groups is 1. The molecule has 1 saturated heterocycles. The highest BCUT2D eigenvalue weighted by Gasteiger charge is 2.40. The number of primary amides is 1. The quantitative estimate of drug-likeness (QED) is 0.374. The fourth-order valence-corrected chi connectivity index (χ4v) is 1.13. The van der Waals surface area contributed by atoms with Crippen LogP contribution in [-0.4, -0.2) is 23.1 Å². The maximum absolute atomic E-state index is 10.7. The molecule has 0 bridgehead atoms. The van der Waals surface area contributed by atoms with E-state index in [2.05, 4.69) is 0 Å². The summed E-state index contributed by atoms with van der Waals surface area (Å²) in [4.78, 5) is 10.7. The van der Waals surface area contributed by atoms with Gasteiger partial charge in [-0.05, 0) is 12.8 Å². The van der Waals surface area contributed by atoms with E-state index in [9.17, 15) is 4.79 Å². The van der Waals surface area contributed by atoms with Crippen molar-refractivity contribution in [1.82, 2.24) is 5.01 Å². The molecule has 1 aliphatic rings. The lowest BCUT2D eigenvalue weighted by atomic mass is 10.1. The topological polar surface area (TPSA) is 98.4 Å². The second-order valence-corrected chi connectivity index (χ2v) is 2.59. The van der Waals surface area contributed by atoms with E-state index in [0.717, 1.165) is 6.42 Å². The molecule has 1 amide bonds. The van der Waals surface area contributed by atoms with E-state index in [1.807, 2.05) is 0 Å². The summed E-state index contributed by atoms with van der Waals surface area (Å²) in [5, 5.41) is 1.30. The molecule has 1 rings (SSSR count). The minimum Gasteiger partial charge on any atom is -0.367 e. The third-order valence-corrected chi connectivity index (χ3v) is 1.90. The number of nitrogens with zero attached hydrogens (tertiary/aromatic N) is 1. The van der Waals surface area contributed by atoms with Gasteiger partial charge in [-0.3, -0.25) is 10.6 Å². The van der Waals surface area contributed by atoms with Crippen molar-refractivity contribution < 1.29 is 4.79 Å². The summed E-state index contributed by atoms with van der Waals surface area (Å²) >= 11 is 0. The number of amides is 1. The molecule has 1 heterocycles. The van der Waals surface area contributed by atoms with Crippen molar-refractivity contribution in [3.8, 4) is 0 Å². The molecule has 0 saturated carbocycles. The molecule has 1 atom stereocenters. The van der Waals surface area contributed by atoms with E-state index in [1.165, 1.54) is 5.01 Å². The van der Waals surface area contributed by atoms with E-state index in [-0.39, 0.29) is 0 Å². The maximum atomic E-state index is 10.7. The minimum absolute atomic E-state index is 0.549. The van der Waals surface area contributed by atoms with Crippen LogP contribution in [0, 0.1) is 0 Å². The van der Waals surface area contributed by atoms with Gasteiger partial charge in [-0.2, -0.15) is 0 Å². The van der Waals surface area contributed by atoms with Crippen molar-refractivity contribution in [1.29, 1.82) is 0 Å². The lowest BCUT2D eigenvalue weighted by Gasteiger charge is -2.27. The van der Waals surface area contributed by atoms with Crippen molar-refractivity contribution in [3.05, 3.63) is 0 Å². The number of hydrogen-bond acceptors (Lipinski definition) is 4. The van der Waals surface area contributed by atoms with Gasteiger partial charge in [0.05, 0.1) is 0 Å². The van der Waals surface area contributed by atoms with E-state index >= 15 is 0 Å². The third kappa shape index (κ3) is 0.880. The summed E-state index contributed by atoms with van der Waals surface area (Å²) in [7, 11) is 0. The Hall–Kier alpha value is -0.650. The van der Waals surface area contributed by atoms with E-state index < -0.39 is 11.6 Å². The molecule has 6 N–H and O–H groups in total. The molecule has 58 valence electrons. The molecular formula is C5H12N4O. The first-order valence-electron chi connectivity index (χ1n) is 3.18. The van der Waals surface area contributed by atoms with Crippen molar-refractivity contribution in [3.63, 3.8) is 0 Å². The zero-order valence-corrected chi connectivity index (χ0v) is 5.71. The Bertz CT molecular complexity index is 160. The minimum atomic E-state index is -1.10. The van der Waals surface area contributed by atoms with Crippen LogP contribution in [0.3, 0.4) is 0 Å². The van der Waals surface area contributed by atoms with Gasteiger partial charge in [0, 0.05) is 6.54 Å². The summed E-state index contributed by atoms with van der Waals surface area (Å²) in [6.07, 6.45) is 1.38. The van der Waals surface area contributed by atoms with Crippen LogP contribution in [0.4, 0.5) is 0 Å². The van der Waals surface area contributed by atoms with Crippen LogP contribution < -0.4 is 17.3 Å². The van der Waals surface area contributed by atoms with E-state index in [4.69, 9.17) is 17.3 Å². The maximum Gasteiger partial charge on any atom is 0.253 e. The average molecular weight is 144 g/mol. The number of carbonyl (C=O) groups is 1. The Balaban J connectivity index is 2.75. The van der Waals surface area contributed by atoms with Crippen LogP contribution >= 0.6 is 0 Å². The first-order valence-corrected chi connectivity index (χ1v) is 3.18. The van der Waals surface area contributed by atoms with Gasteiger partial charge in [0.1, 0.15) is 0 Å². The lowest BCUT2D eigenvalue weighted by Crippen LogP contribution is -2.63. The zero-order chi connectivity index (χ0) is 7.78. The Morgan fingerprint density at radius 1 is 1.60 bits per heavy atom. The molecule has 0 aromatic heterocycles. The summed E-state index contributed by atoms with van der Waals surface area (Å²) < 4.78 is 0. The number of rotatable bonds is 1. The Morgan fingerprint density at radius 2 is 2.20 bits per heavy atom. The number of carbonyl (C=O) groups excluding carboxylic acids is 1. The van der Waals surface area contributed by atoms with Crippen LogP contribution in [0.15, 0.2) is 0 Å². The first-order chi connectivity index (χ1) is 4.57. The van der Waals surface area contributed by atoms with Gasteiger partial charge >= 0.3 is 0 Å². The molecule has 0 radical (unpaired) electrons. The predicted molar refractivity (Wildman–Crippen MR) is 36.2 cm³/mol. The molecular weight excluding hydrogens is 132 g/mol. The second-order valence-electron chi connectivity index (χ2n) is 2.59. The smallest absolute Gasteiger partial charge is 0.253 e. The molecule has 5 heteroatoms. The van der Waals surface area contributed by atoms with Crippen LogP contribution in [0.1, 0.15) is 12.8 Å². The molecule has 1 aliphatic heterocycles. The van der Waals surface area contributed by atoms with E-state index in [1.54, 1.807) is 0 Å². The summed E-state index contributed by atoms with van der Waals surface area (Å²) in [6.45, 7) is 0.638. The number of nitrogens with two attached hydrogens (primary N) is 3. The first kappa shape index (κ1) is 7.46. The van der Waals surface area contributed by atoms with Crippen molar-refractivity contribution >= 4 is 5.91 Å². The van der Waals surface area contributed by atoms with Crippen LogP contribution in [0.5, 0.6) is 0 Å². The highest BCUT2D eigenvalue weighted by atomic mass is 16.2. The van der Waals surface area contributed by atoms with Crippen molar-refractivity contribution in [2.24, 2.45) is 17.3 Å². The zero-order valence-electron chi connectivity index (χ0n) is 5.71. The van der Waals surface area contributed by atoms with Gasteiger partial charge in [0.2, 0.25) is 0 Å². The predicted octanol–water partition coefficient (Wildman–Crippen LogP) is -1.90. The average Bonchev–Trinajstić information content (AvgIpc) is 2.15. The highest BCUT2D eigenvalue weighted by molar-refractivity contribution is 5.84. The molecule has 0 aliphatic carbocycles. The standard InChI is InChI=1S/C5H12N4O/c6-4(10)5(7)2-1-3-9(5)8/h1-3,7-8H2,(H2,6,10). The molecule has 10 heavy (non-hydrogen) atoms. The van der Waals surface area contributed by atoms with Gasteiger partial charge in [-0.15, -0.1) is 0 Å². The SMILES string of the molecule is NC(=O)C1(N)CCCN1N. The monoisotopic (exact) mass is 144 g/mol. The fraction of sp³-hybridized carbons (Fsp3) is 0.800. The Kier molecular flexibility index (Phi) is 1.63. The molecule has 0 aromatic rings. The largest absolute Gasteiger partial charge is 0.367 e. The normalized spacial score (nSPS) is 34.6. The molecule has 5 nitrogen and oxygen atoms in total. The van der Waals surface area contributed by atoms with Crippen molar-refractivity contribution in [2.45, 2.75) is 18.5 Å². The van der Waals surface area contributed by atoms with Gasteiger partial charge in [0.15, 0.2) is 5.66 Å². The van der Waals surface area contributed by atoms with Gasteiger partial charge in [-0.25, -0.2) is 5.01 Å². The summed E-state index contributed by atoms with van der Waals surface area (Å²) in [6, 6.07) is 0.